The molecule has 0 fully saturated rings. The number of amides is 2. The molecule has 152 valence electrons. The molecule has 29 heavy (non-hydrogen) atoms. The number of carbonyl (C=O) groups excluding carboxylic acids is 2. The molecule has 8 heteroatoms. The lowest BCUT2D eigenvalue weighted by atomic mass is 10.1. The Bertz CT molecular complexity index is 908. The average molecular weight is 413 g/mol. The third kappa shape index (κ3) is 7.63. The Morgan fingerprint density at radius 1 is 1.07 bits per heavy atom. The van der Waals surface area contributed by atoms with Gasteiger partial charge in [-0.15, -0.1) is 0 Å². The minimum absolute atomic E-state index is 0.0422. The van der Waals surface area contributed by atoms with Gasteiger partial charge in [-0.3, -0.25) is 25.8 Å². The van der Waals surface area contributed by atoms with Gasteiger partial charge in [0.2, 0.25) is 5.91 Å². The number of ether oxygens (including phenoxy) is 2. The largest absolute Gasteiger partial charge is 0.496 e. The van der Waals surface area contributed by atoms with Crippen LogP contribution in [0.2, 0.25) is 0 Å². The van der Waals surface area contributed by atoms with Crippen molar-refractivity contribution in [2.75, 3.05) is 13.7 Å². The molecule has 0 atom stereocenters. The zero-order valence-electron chi connectivity index (χ0n) is 16.4. The topological polar surface area (TPSA) is 88.7 Å². The van der Waals surface area contributed by atoms with Crippen LogP contribution in [0.1, 0.15) is 16.7 Å². The van der Waals surface area contributed by atoms with Crippen LogP contribution < -0.4 is 25.6 Å². The summed E-state index contributed by atoms with van der Waals surface area (Å²) >= 11 is 4.98. The Balaban J connectivity index is 1.75. The van der Waals surface area contributed by atoms with Crippen molar-refractivity contribution in [1.82, 2.24) is 16.2 Å². The lowest BCUT2D eigenvalue weighted by molar-refractivity contribution is -0.123. The molecule has 0 aromatic heterocycles. The van der Waals surface area contributed by atoms with Gasteiger partial charge in [0.15, 0.2) is 11.7 Å². The monoisotopic (exact) mass is 413 g/mol. The molecule has 0 radical (unpaired) electrons. The Morgan fingerprint density at radius 2 is 1.76 bits per heavy atom. The molecule has 2 aromatic carbocycles. The first-order valence-corrected chi connectivity index (χ1v) is 9.20. The molecule has 0 spiro atoms. The third-order valence-electron chi connectivity index (χ3n) is 3.67. The molecule has 0 aliphatic carbocycles. The molecule has 0 unspecified atom stereocenters. The maximum absolute atomic E-state index is 11.9. The van der Waals surface area contributed by atoms with Gasteiger partial charge in [-0.05, 0) is 61.5 Å². The lowest BCUT2D eigenvalue weighted by Gasteiger charge is -2.11. The van der Waals surface area contributed by atoms with E-state index in [9.17, 15) is 9.59 Å². The smallest absolute Gasteiger partial charge is 0.276 e. The number of rotatable bonds is 6. The number of hydrogen-bond acceptors (Lipinski definition) is 5. The van der Waals surface area contributed by atoms with Crippen molar-refractivity contribution in [2.45, 2.75) is 13.8 Å². The Hall–Kier alpha value is -3.39. The number of benzene rings is 2. The van der Waals surface area contributed by atoms with E-state index in [2.05, 4.69) is 16.2 Å². The van der Waals surface area contributed by atoms with Crippen molar-refractivity contribution in [2.24, 2.45) is 0 Å². The molecule has 3 N–H and O–H groups in total. The quantitative estimate of drug-likeness (QED) is 0.383. The Kier molecular flexibility index (Phi) is 8.17. The fraction of sp³-hybridized carbons (Fsp3) is 0.190. The van der Waals surface area contributed by atoms with E-state index in [1.807, 2.05) is 50.2 Å². The highest BCUT2D eigenvalue weighted by molar-refractivity contribution is 7.80. The van der Waals surface area contributed by atoms with Crippen LogP contribution in [0.5, 0.6) is 11.5 Å². The van der Waals surface area contributed by atoms with Crippen LogP contribution >= 0.6 is 12.2 Å². The van der Waals surface area contributed by atoms with Crippen LogP contribution in [0, 0.1) is 13.8 Å². The highest BCUT2D eigenvalue weighted by Crippen LogP contribution is 2.18. The molecule has 0 bridgehead atoms. The second kappa shape index (κ2) is 10.8. The maximum atomic E-state index is 11.9. The van der Waals surface area contributed by atoms with Crippen LogP contribution in [-0.2, 0) is 9.59 Å². The molecule has 0 saturated heterocycles. The van der Waals surface area contributed by atoms with Gasteiger partial charge < -0.3 is 9.47 Å². The highest BCUT2D eigenvalue weighted by atomic mass is 32.1. The molecule has 0 saturated carbocycles. The molecule has 0 aliphatic heterocycles. The highest BCUT2D eigenvalue weighted by Gasteiger charge is 2.06. The fourth-order valence-corrected chi connectivity index (χ4v) is 2.63. The van der Waals surface area contributed by atoms with Gasteiger partial charge in [0.1, 0.15) is 11.5 Å². The summed E-state index contributed by atoms with van der Waals surface area (Å²) in [5.41, 5.74) is 7.66. The molecule has 2 amide bonds. The normalized spacial score (nSPS) is 10.3. The third-order valence-corrected chi connectivity index (χ3v) is 3.87. The van der Waals surface area contributed by atoms with Crippen LogP contribution in [-0.4, -0.2) is 30.6 Å². The van der Waals surface area contributed by atoms with E-state index in [4.69, 9.17) is 21.7 Å². The van der Waals surface area contributed by atoms with E-state index in [0.29, 0.717) is 11.5 Å². The molecule has 2 aromatic rings. The standard InChI is InChI=1S/C21H23N3O4S/c1-14-10-15(2)12-17(11-14)28-13-20(26)23-24-21(29)22-19(25)9-8-16-6-4-5-7-18(16)27-3/h4-12H,13H2,1-3H3,(H,23,26)(H2,22,24,25,29)/b9-8+. The first-order chi connectivity index (χ1) is 13.9. The first-order valence-electron chi connectivity index (χ1n) is 8.79. The summed E-state index contributed by atoms with van der Waals surface area (Å²) in [6.07, 6.45) is 2.92. The Labute approximate surface area is 175 Å². The van der Waals surface area contributed by atoms with Gasteiger partial charge in [-0.1, -0.05) is 24.3 Å². The van der Waals surface area contributed by atoms with Gasteiger partial charge in [0, 0.05) is 11.6 Å². The summed E-state index contributed by atoms with van der Waals surface area (Å²) in [7, 11) is 1.55. The van der Waals surface area contributed by atoms with E-state index in [0.717, 1.165) is 16.7 Å². The number of para-hydroxylation sites is 1. The van der Waals surface area contributed by atoms with Gasteiger partial charge in [0.25, 0.3) is 5.91 Å². The molecule has 0 heterocycles. The van der Waals surface area contributed by atoms with E-state index in [1.54, 1.807) is 19.3 Å². The molecule has 0 aliphatic rings. The predicted molar refractivity (Wildman–Crippen MR) is 115 cm³/mol. The zero-order chi connectivity index (χ0) is 21.2. The minimum atomic E-state index is -0.450. The number of nitrogens with one attached hydrogen (secondary N) is 3. The SMILES string of the molecule is COc1ccccc1/C=C/C(=O)NC(=S)NNC(=O)COc1cc(C)cc(C)c1. The summed E-state index contributed by atoms with van der Waals surface area (Å²) in [4.78, 5) is 23.8. The lowest BCUT2D eigenvalue weighted by Crippen LogP contribution is -2.49. The van der Waals surface area contributed by atoms with Crippen LogP contribution in [0.15, 0.2) is 48.5 Å². The van der Waals surface area contributed by atoms with Crippen LogP contribution in [0.3, 0.4) is 0 Å². The van der Waals surface area contributed by atoms with Gasteiger partial charge in [-0.2, -0.15) is 0 Å². The molecule has 7 nitrogen and oxygen atoms in total. The fourth-order valence-electron chi connectivity index (χ4n) is 2.48. The average Bonchev–Trinajstić information content (AvgIpc) is 2.68. The van der Waals surface area contributed by atoms with Gasteiger partial charge in [-0.25, -0.2) is 0 Å². The first kappa shape index (κ1) is 21.9. The molecule has 2 rings (SSSR count). The summed E-state index contributed by atoms with van der Waals surface area (Å²) in [5.74, 6) is 0.364. The van der Waals surface area contributed by atoms with Crippen molar-refractivity contribution >= 4 is 35.2 Å². The van der Waals surface area contributed by atoms with E-state index in [-0.39, 0.29) is 11.7 Å². The Morgan fingerprint density at radius 3 is 2.45 bits per heavy atom. The number of hydrazine groups is 1. The summed E-state index contributed by atoms with van der Waals surface area (Å²) in [6, 6.07) is 13.0. The number of methoxy groups -OCH3 is 1. The van der Waals surface area contributed by atoms with E-state index < -0.39 is 11.8 Å². The number of carbonyl (C=O) groups is 2. The zero-order valence-corrected chi connectivity index (χ0v) is 17.3. The van der Waals surface area contributed by atoms with Gasteiger partial charge >= 0.3 is 0 Å². The molecular formula is C21H23N3O4S. The minimum Gasteiger partial charge on any atom is -0.496 e. The number of hydrogen-bond donors (Lipinski definition) is 3. The molecular weight excluding hydrogens is 390 g/mol. The summed E-state index contributed by atoms with van der Waals surface area (Å²) in [5, 5.41) is 2.39. The second-order valence-electron chi connectivity index (χ2n) is 6.18. The summed E-state index contributed by atoms with van der Waals surface area (Å²) in [6.45, 7) is 3.70. The van der Waals surface area contributed by atoms with Gasteiger partial charge in [0.05, 0.1) is 7.11 Å². The van der Waals surface area contributed by atoms with Crippen molar-refractivity contribution in [3.63, 3.8) is 0 Å². The second-order valence-corrected chi connectivity index (χ2v) is 6.59. The van der Waals surface area contributed by atoms with Crippen molar-refractivity contribution in [1.29, 1.82) is 0 Å². The maximum Gasteiger partial charge on any atom is 0.276 e. The number of thiocarbonyl (C=S) groups is 1. The predicted octanol–water partition coefficient (Wildman–Crippen LogP) is 2.43. The van der Waals surface area contributed by atoms with E-state index >= 15 is 0 Å². The van der Waals surface area contributed by atoms with Crippen molar-refractivity contribution in [3.8, 4) is 11.5 Å². The van der Waals surface area contributed by atoms with Crippen LogP contribution in [0.4, 0.5) is 0 Å². The number of aryl methyl sites for hydroxylation is 2. The van der Waals surface area contributed by atoms with Crippen molar-refractivity contribution in [3.05, 3.63) is 65.2 Å². The summed E-state index contributed by atoms with van der Waals surface area (Å²) < 4.78 is 10.7. The van der Waals surface area contributed by atoms with Crippen LogP contribution in [0.25, 0.3) is 6.08 Å². The van der Waals surface area contributed by atoms with Crippen molar-refractivity contribution < 1.29 is 19.1 Å². The van der Waals surface area contributed by atoms with E-state index in [1.165, 1.54) is 6.08 Å².